The summed E-state index contributed by atoms with van der Waals surface area (Å²) in [7, 11) is 3.05. The molecule has 1 amide bonds. The number of nitrogens with one attached hydrogen (secondary N) is 1. The molecule has 1 aromatic carbocycles. The fourth-order valence-electron chi connectivity index (χ4n) is 3.08. The minimum Gasteiger partial charge on any atom is -0.496 e. The van der Waals surface area contributed by atoms with Gasteiger partial charge in [0.25, 0.3) is 5.91 Å². The Labute approximate surface area is 163 Å². The van der Waals surface area contributed by atoms with Gasteiger partial charge in [-0.3, -0.25) is 14.5 Å². The molecule has 0 spiro atoms. The summed E-state index contributed by atoms with van der Waals surface area (Å²) in [6, 6.07) is 2.80. The highest BCUT2D eigenvalue weighted by molar-refractivity contribution is 6.33. The summed E-state index contributed by atoms with van der Waals surface area (Å²) in [6.45, 7) is 3.49. The van der Waals surface area contributed by atoms with Gasteiger partial charge in [-0.1, -0.05) is 11.6 Å². The maximum Gasteiger partial charge on any atom is 0.320 e. The van der Waals surface area contributed by atoms with Crippen LogP contribution in [0.5, 0.6) is 5.75 Å². The maximum absolute atomic E-state index is 12.7. The quantitative estimate of drug-likeness (QED) is 0.526. The summed E-state index contributed by atoms with van der Waals surface area (Å²) in [6.07, 6.45) is 0.377. The molecule has 1 heterocycles. The third kappa shape index (κ3) is 5.47. The molecular formula is C18H26ClN3O5. The minimum absolute atomic E-state index is 0.204. The topological polar surface area (TPSA) is 103 Å². The van der Waals surface area contributed by atoms with Crippen LogP contribution in [0.15, 0.2) is 12.1 Å². The Morgan fingerprint density at radius 3 is 2.74 bits per heavy atom. The number of nitrogen functional groups attached to an aromatic ring is 1. The highest BCUT2D eigenvalue weighted by atomic mass is 35.5. The molecule has 150 valence electrons. The van der Waals surface area contributed by atoms with Gasteiger partial charge in [-0.15, -0.1) is 0 Å². The van der Waals surface area contributed by atoms with E-state index in [1.165, 1.54) is 19.2 Å². The number of carbonyl (C=O) groups is 2. The standard InChI is InChI=1S/C18H26ClN3O5/c1-4-27-17(23)10-22-6-5-14(16(9-22)26-3)21-18(24)11-7-12(19)13(20)8-15(11)25-2/h7-8,14,16H,4-6,9-10,20H2,1-3H3,(H,21,24)/t14-,16-/m0/s1. The van der Waals surface area contributed by atoms with E-state index in [1.807, 2.05) is 4.90 Å². The van der Waals surface area contributed by atoms with E-state index in [1.54, 1.807) is 14.0 Å². The summed E-state index contributed by atoms with van der Waals surface area (Å²) >= 11 is 6.04. The third-order valence-corrected chi connectivity index (χ3v) is 4.81. The molecule has 1 aliphatic heterocycles. The van der Waals surface area contributed by atoms with Crippen LogP contribution in [0.2, 0.25) is 5.02 Å². The van der Waals surface area contributed by atoms with Gasteiger partial charge in [0.2, 0.25) is 0 Å². The average molecular weight is 400 g/mol. The molecule has 0 saturated carbocycles. The van der Waals surface area contributed by atoms with Crippen molar-refractivity contribution in [1.82, 2.24) is 10.2 Å². The first-order chi connectivity index (χ1) is 12.9. The van der Waals surface area contributed by atoms with E-state index in [0.717, 1.165) is 0 Å². The SMILES string of the molecule is CCOC(=O)CN1CC[C@H](NC(=O)c2cc(Cl)c(N)cc2OC)[C@@H](OC)C1. The van der Waals surface area contributed by atoms with Crippen molar-refractivity contribution in [2.45, 2.75) is 25.5 Å². The normalized spacial score (nSPS) is 20.1. The Balaban J connectivity index is 2.04. The van der Waals surface area contributed by atoms with E-state index in [2.05, 4.69) is 5.32 Å². The average Bonchev–Trinajstić information content (AvgIpc) is 2.64. The number of nitrogens with zero attached hydrogens (tertiary/aromatic N) is 1. The number of hydrogen-bond acceptors (Lipinski definition) is 7. The van der Waals surface area contributed by atoms with E-state index in [0.29, 0.717) is 43.1 Å². The number of nitrogens with two attached hydrogens (primary N) is 1. The zero-order chi connectivity index (χ0) is 20.0. The molecule has 1 aromatic rings. The van der Waals surface area contributed by atoms with Crippen LogP contribution < -0.4 is 15.8 Å². The number of benzene rings is 1. The van der Waals surface area contributed by atoms with Gasteiger partial charge in [-0.25, -0.2) is 0 Å². The van der Waals surface area contributed by atoms with Crippen LogP contribution in [0.1, 0.15) is 23.7 Å². The molecule has 1 fully saturated rings. The van der Waals surface area contributed by atoms with Crippen LogP contribution in [-0.4, -0.2) is 69.4 Å². The first kappa shape index (κ1) is 21.3. The molecule has 0 bridgehead atoms. The van der Waals surface area contributed by atoms with Crippen molar-refractivity contribution in [2.24, 2.45) is 0 Å². The molecule has 27 heavy (non-hydrogen) atoms. The molecule has 9 heteroatoms. The lowest BCUT2D eigenvalue weighted by Gasteiger charge is -2.37. The van der Waals surface area contributed by atoms with Crippen molar-refractivity contribution >= 4 is 29.2 Å². The summed E-state index contributed by atoms with van der Waals surface area (Å²) in [5.41, 5.74) is 6.41. The molecule has 0 aliphatic carbocycles. The van der Waals surface area contributed by atoms with Crippen LogP contribution in [0.25, 0.3) is 0 Å². The number of halogens is 1. The van der Waals surface area contributed by atoms with Crippen molar-refractivity contribution in [1.29, 1.82) is 0 Å². The van der Waals surface area contributed by atoms with E-state index in [-0.39, 0.29) is 35.6 Å². The van der Waals surface area contributed by atoms with Gasteiger partial charge in [0.15, 0.2) is 0 Å². The van der Waals surface area contributed by atoms with Gasteiger partial charge in [-0.05, 0) is 19.4 Å². The van der Waals surface area contributed by atoms with Crippen molar-refractivity contribution in [3.8, 4) is 5.75 Å². The van der Waals surface area contributed by atoms with E-state index < -0.39 is 0 Å². The van der Waals surface area contributed by atoms with Crippen molar-refractivity contribution in [2.75, 3.05) is 46.2 Å². The molecule has 2 atom stereocenters. The summed E-state index contributed by atoms with van der Waals surface area (Å²) in [5.74, 6) is -0.237. The highest BCUT2D eigenvalue weighted by Crippen LogP contribution is 2.29. The summed E-state index contributed by atoms with van der Waals surface area (Å²) in [4.78, 5) is 26.4. The van der Waals surface area contributed by atoms with Crippen molar-refractivity contribution < 1.29 is 23.8 Å². The van der Waals surface area contributed by atoms with Gasteiger partial charge in [0, 0.05) is 26.3 Å². The van der Waals surface area contributed by atoms with Crippen molar-refractivity contribution in [3.63, 3.8) is 0 Å². The predicted octanol–water partition coefficient (Wildman–Crippen LogP) is 1.31. The summed E-state index contributed by atoms with van der Waals surface area (Å²) < 4.78 is 15.7. The molecule has 2 rings (SSSR count). The van der Waals surface area contributed by atoms with Crippen LogP contribution >= 0.6 is 11.6 Å². The minimum atomic E-state index is -0.320. The number of methoxy groups -OCH3 is 2. The second-order valence-electron chi connectivity index (χ2n) is 6.26. The molecular weight excluding hydrogens is 374 g/mol. The molecule has 8 nitrogen and oxygen atoms in total. The Bertz CT molecular complexity index is 685. The Morgan fingerprint density at radius 1 is 1.37 bits per heavy atom. The predicted molar refractivity (Wildman–Crippen MR) is 102 cm³/mol. The number of carbonyl (C=O) groups excluding carboxylic acids is 2. The Hall–Kier alpha value is -2.03. The monoisotopic (exact) mass is 399 g/mol. The molecule has 0 radical (unpaired) electrons. The second-order valence-corrected chi connectivity index (χ2v) is 6.66. The van der Waals surface area contributed by atoms with Crippen LogP contribution in [0, 0.1) is 0 Å². The lowest BCUT2D eigenvalue weighted by molar-refractivity contribution is -0.145. The van der Waals surface area contributed by atoms with Gasteiger partial charge in [-0.2, -0.15) is 0 Å². The number of amides is 1. The van der Waals surface area contributed by atoms with Gasteiger partial charge >= 0.3 is 5.97 Å². The first-order valence-electron chi connectivity index (χ1n) is 8.74. The molecule has 0 unspecified atom stereocenters. The fourth-order valence-corrected chi connectivity index (χ4v) is 3.24. The number of hydrogen-bond donors (Lipinski definition) is 2. The lowest BCUT2D eigenvalue weighted by atomic mass is 10.0. The van der Waals surface area contributed by atoms with Gasteiger partial charge in [0.1, 0.15) is 5.75 Å². The smallest absolute Gasteiger partial charge is 0.320 e. The zero-order valence-electron chi connectivity index (χ0n) is 15.8. The van der Waals surface area contributed by atoms with Crippen LogP contribution in [0.4, 0.5) is 5.69 Å². The number of anilines is 1. The molecule has 1 aliphatic rings. The van der Waals surface area contributed by atoms with E-state index in [9.17, 15) is 9.59 Å². The van der Waals surface area contributed by atoms with Crippen LogP contribution in [-0.2, 0) is 14.3 Å². The van der Waals surface area contributed by atoms with E-state index in [4.69, 9.17) is 31.5 Å². The summed E-state index contributed by atoms with van der Waals surface area (Å²) in [5, 5.41) is 3.26. The number of likely N-dealkylation sites (tertiary alicyclic amines) is 1. The molecule has 0 aromatic heterocycles. The number of esters is 1. The zero-order valence-corrected chi connectivity index (χ0v) is 16.5. The number of piperidine rings is 1. The third-order valence-electron chi connectivity index (χ3n) is 4.48. The van der Waals surface area contributed by atoms with Crippen molar-refractivity contribution in [3.05, 3.63) is 22.7 Å². The Kier molecular flexibility index (Phi) is 7.70. The van der Waals surface area contributed by atoms with Gasteiger partial charge in [0.05, 0.1) is 48.7 Å². The van der Waals surface area contributed by atoms with E-state index >= 15 is 0 Å². The highest BCUT2D eigenvalue weighted by Gasteiger charge is 2.32. The lowest BCUT2D eigenvalue weighted by Crippen LogP contribution is -2.55. The molecule has 3 N–H and O–H groups in total. The second kappa shape index (κ2) is 9.77. The number of ether oxygens (including phenoxy) is 3. The maximum atomic E-state index is 12.7. The van der Waals surface area contributed by atoms with Crippen LogP contribution in [0.3, 0.4) is 0 Å². The number of rotatable bonds is 7. The molecule has 1 saturated heterocycles. The fraction of sp³-hybridized carbons (Fsp3) is 0.556. The van der Waals surface area contributed by atoms with Gasteiger partial charge < -0.3 is 25.3 Å². The Morgan fingerprint density at radius 2 is 2.11 bits per heavy atom. The first-order valence-corrected chi connectivity index (χ1v) is 9.12. The largest absolute Gasteiger partial charge is 0.496 e.